The van der Waals surface area contributed by atoms with E-state index in [2.05, 4.69) is 240 Å². The van der Waals surface area contributed by atoms with Gasteiger partial charge in [-0.1, -0.05) is 0 Å². The van der Waals surface area contributed by atoms with Crippen molar-refractivity contribution >= 4 is 89.0 Å². The minimum absolute atomic E-state index is 0.118. The number of para-hydroxylation sites is 2. The average molecular weight is 878 g/mol. The molecule has 13 aromatic rings. The number of nitrogens with zero attached hydrogens (tertiary/aromatic N) is 2. The Morgan fingerprint density at radius 1 is 0.359 bits per heavy atom. The van der Waals surface area contributed by atoms with Crippen molar-refractivity contribution in [1.29, 1.82) is 0 Å². The summed E-state index contributed by atoms with van der Waals surface area (Å²) in [5, 5.41) is 7.99. The van der Waals surface area contributed by atoms with Crippen molar-refractivity contribution in [1.82, 2.24) is 4.40 Å². The van der Waals surface area contributed by atoms with Gasteiger partial charge in [0, 0.05) is 0 Å². The first kappa shape index (κ1) is 35.9. The molecule has 3 heterocycles. The van der Waals surface area contributed by atoms with Gasteiger partial charge in [0.2, 0.25) is 0 Å². The van der Waals surface area contributed by atoms with Crippen LogP contribution in [0.4, 0.5) is 17.1 Å². The van der Waals surface area contributed by atoms with Gasteiger partial charge < -0.3 is 0 Å². The number of anilines is 3. The molecule has 1 aliphatic rings. The second-order valence-electron chi connectivity index (χ2n) is 17.2. The summed E-state index contributed by atoms with van der Waals surface area (Å²) in [5.74, 6) is 0. The molecule has 64 heavy (non-hydrogen) atoms. The van der Waals surface area contributed by atoms with Gasteiger partial charge in [-0.2, -0.15) is 0 Å². The van der Waals surface area contributed by atoms with Crippen LogP contribution in [0.3, 0.4) is 0 Å². The van der Waals surface area contributed by atoms with E-state index in [0.29, 0.717) is 0 Å². The molecular weight excluding hydrogens is 840 g/mol. The van der Waals surface area contributed by atoms with Crippen molar-refractivity contribution in [3.8, 4) is 22.3 Å². The van der Waals surface area contributed by atoms with Crippen LogP contribution in [0.25, 0.3) is 79.6 Å². The minimum atomic E-state index is -0.523. The number of rotatable bonds is 6. The summed E-state index contributed by atoms with van der Waals surface area (Å²) in [6.45, 7) is 0. The van der Waals surface area contributed by atoms with E-state index in [-0.39, 0.29) is 14.5 Å². The molecule has 0 spiro atoms. The van der Waals surface area contributed by atoms with Crippen LogP contribution in [-0.2, 0) is 5.41 Å². The van der Waals surface area contributed by atoms with Gasteiger partial charge in [-0.25, -0.2) is 0 Å². The summed E-state index contributed by atoms with van der Waals surface area (Å²) in [6, 6.07) is 86.4. The van der Waals surface area contributed by atoms with Gasteiger partial charge in [0.1, 0.15) is 0 Å². The van der Waals surface area contributed by atoms with Gasteiger partial charge in [0.15, 0.2) is 0 Å². The third-order valence-corrected chi connectivity index (χ3v) is 16.3. The Labute approximate surface area is 376 Å². The zero-order chi connectivity index (χ0) is 41.9. The molecule has 0 aliphatic heterocycles. The molecule has 0 N–H and O–H groups in total. The number of hydrogen-bond acceptors (Lipinski definition) is 1. The Bertz CT molecular complexity index is 3920. The van der Waals surface area contributed by atoms with Crippen LogP contribution < -0.4 is 4.90 Å². The van der Waals surface area contributed by atoms with Crippen LogP contribution in [0.2, 0.25) is 0 Å². The molecule has 0 unspecified atom stereocenters. The van der Waals surface area contributed by atoms with Crippen molar-refractivity contribution in [2.75, 3.05) is 4.90 Å². The molecular formula is C61H38N2Se. The Morgan fingerprint density at radius 3 is 1.78 bits per heavy atom. The number of fused-ring (bicyclic) bond motifs is 8. The van der Waals surface area contributed by atoms with E-state index in [9.17, 15) is 0 Å². The molecule has 1 aliphatic carbocycles. The maximum atomic E-state index is 2.58. The van der Waals surface area contributed by atoms with E-state index in [1.807, 2.05) is 0 Å². The van der Waals surface area contributed by atoms with E-state index in [4.69, 9.17) is 0 Å². The van der Waals surface area contributed by atoms with E-state index in [1.54, 1.807) is 0 Å². The van der Waals surface area contributed by atoms with Gasteiger partial charge in [-0.05, 0) is 0 Å². The van der Waals surface area contributed by atoms with Crippen molar-refractivity contribution in [3.05, 3.63) is 253 Å². The van der Waals surface area contributed by atoms with Crippen LogP contribution in [0.15, 0.2) is 231 Å². The summed E-state index contributed by atoms with van der Waals surface area (Å²) >= 11 is 0.118. The summed E-state index contributed by atoms with van der Waals surface area (Å²) in [6.07, 6.45) is 0. The Kier molecular flexibility index (Phi) is 7.65. The quantitative estimate of drug-likeness (QED) is 0.151. The van der Waals surface area contributed by atoms with E-state index < -0.39 is 5.41 Å². The molecule has 0 amide bonds. The van der Waals surface area contributed by atoms with Crippen LogP contribution in [0.5, 0.6) is 0 Å². The SMILES string of the molecule is c1ccc(-c2cccc(N(c3ccc4c(c3)C(c3ccccc3)(c3ccccc3)c3ccccc3-4)c3cc4[se]c5cccc6c7cccc8c9ccccc9n(c(c3)c4c56)c78)c2)cc1. The fourth-order valence-corrected chi connectivity index (χ4v) is 13.9. The average Bonchev–Trinajstić information content (AvgIpc) is 3.98. The van der Waals surface area contributed by atoms with E-state index >= 15 is 0 Å². The van der Waals surface area contributed by atoms with Crippen LogP contribution >= 0.6 is 0 Å². The molecule has 0 saturated carbocycles. The first-order chi connectivity index (χ1) is 31.8. The molecule has 0 saturated heterocycles. The van der Waals surface area contributed by atoms with Gasteiger partial charge in [0.05, 0.1) is 0 Å². The van der Waals surface area contributed by atoms with Crippen LogP contribution in [0, 0.1) is 0 Å². The first-order valence-electron chi connectivity index (χ1n) is 22.1. The predicted molar refractivity (Wildman–Crippen MR) is 270 cm³/mol. The van der Waals surface area contributed by atoms with E-state index in [1.165, 1.54) is 102 Å². The maximum absolute atomic E-state index is 2.58. The third kappa shape index (κ3) is 4.91. The van der Waals surface area contributed by atoms with Crippen molar-refractivity contribution in [2.45, 2.75) is 5.41 Å². The fourth-order valence-electron chi connectivity index (χ4n) is 11.4. The molecule has 0 fully saturated rings. The number of benzene rings is 10. The normalized spacial score (nSPS) is 13.1. The zero-order valence-corrected chi connectivity index (χ0v) is 36.5. The van der Waals surface area contributed by atoms with Crippen molar-refractivity contribution < 1.29 is 0 Å². The van der Waals surface area contributed by atoms with Gasteiger partial charge in [-0.15, -0.1) is 0 Å². The number of hydrogen-bond donors (Lipinski definition) is 0. The van der Waals surface area contributed by atoms with E-state index in [0.717, 1.165) is 17.1 Å². The second kappa shape index (κ2) is 13.7. The molecule has 298 valence electrons. The molecule has 0 atom stereocenters. The standard InChI is InChI=1S/C61H38N2Se/c1-4-17-39(18-5-1)40-19-14-24-43(35-40)62(44-33-34-47-46-25-10-12-30-52(46)61(53(47)36-44,41-20-6-2-7-21-41)42-22-8-3-9-23-42)45-37-55-59-57(38-45)64-56-32-16-27-49(58(56)59)51-29-15-28-50-48-26-11-13-31-54(48)63(55)60(50)51/h1-38H. The molecule has 14 rings (SSSR count). The zero-order valence-electron chi connectivity index (χ0n) is 34.7. The van der Waals surface area contributed by atoms with Crippen LogP contribution in [-0.4, -0.2) is 18.9 Å². The number of aromatic nitrogens is 1. The summed E-state index contributed by atoms with van der Waals surface area (Å²) < 4.78 is 5.46. The van der Waals surface area contributed by atoms with Crippen molar-refractivity contribution in [2.24, 2.45) is 0 Å². The monoisotopic (exact) mass is 878 g/mol. The molecule has 10 aromatic carbocycles. The Balaban J connectivity index is 1.11. The second-order valence-corrected chi connectivity index (χ2v) is 19.5. The van der Waals surface area contributed by atoms with Gasteiger partial charge in [0.25, 0.3) is 0 Å². The predicted octanol–water partition coefficient (Wildman–Crippen LogP) is 15.7. The topological polar surface area (TPSA) is 7.65 Å². The van der Waals surface area contributed by atoms with Gasteiger partial charge in [-0.3, -0.25) is 0 Å². The molecule has 2 nitrogen and oxygen atoms in total. The summed E-state index contributed by atoms with van der Waals surface area (Å²) in [5.41, 5.74) is 16.7. The Hall–Kier alpha value is -7.68. The first-order valence-corrected chi connectivity index (χ1v) is 23.8. The summed E-state index contributed by atoms with van der Waals surface area (Å²) in [7, 11) is 0. The molecule has 3 aromatic heterocycles. The third-order valence-electron chi connectivity index (χ3n) is 14.0. The molecule has 3 heteroatoms. The fraction of sp³-hybridized carbons (Fsp3) is 0.0164. The molecule has 0 bridgehead atoms. The summed E-state index contributed by atoms with van der Waals surface area (Å²) in [4.78, 5) is 2.53. The van der Waals surface area contributed by atoms with Crippen LogP contribution in [0.1, 0.15) is 22.3 Å². The van der Waals surface area contributed by atoms with Gasteiger partial charge >= 0.3 is 379 Å². The molecule has 0 radical (unpaired) electrons. The Morgan fingerprint density at radius 2 is 0.969 bits per heavy atom. The van der Waals surface area contributed by atoms with Crippen molar-refractivity contribution in [3.63, 3.8) is 0 Å².